The van der Waals surface area contributed by atoms with Crippen LogP contribution in [0.15, 0.2) is 232 Å². The van der Waals surface area contributed by atoms with Gasteiger partial charge in [-0.05, 0) is 224 Å². The van der Waals surface area contributed by atoms with Gasteiger partial charge in [0.05, 0.1) is 39.6 Å². The van der Waals surface area contributed by atoms with Crippen LogP contribution in [-0.4, -0.2) is 182 Å². The van der Waals surface area contributed by atoms with E-state index in [1.807, 2.05) is 171 Å². The molecule has 0 aliphatic carbocycles. The molecule has 4 aromatic heterocycles. The van der Waals surface area contributed by atoms with Crippen molar-refractivity contribution in [3.8, 4) is 23.0 Å². The summed E-state index contributed by atoms with van der Waals surface area (Å²) >= 11 is 1.52. The van der Waals surface area contributed by atoms with Crippen LogP contribution >= 0.6 is 11.8 Å². The summed E-state index contributed by atoms with van der Waals surface area (Å²) in [4.78, 5) is 87.8. The number of nitrogens with zero attached hydrogens (tertiary/aromatic N) is 7. The average molecular weight is 1810 g/mol. The number of nitrogens with two attached hydrogens (primary N) is 2. The predicted molar refractivity (Wildman–Crippen MR) is 511 cm³/mol. The quantitative estimate of drug-likeness (QED) is 0.00972. The van der Waals surface area contributed by atoms with Crippen molar-refractivity contribution >= 4 is 122 Å². The van der Waals surface area contributed by atoms with Crippen LogP contribution in [0.3, 0.4) is 0 Å². The zero-order valence-corrected chi connectivity index (χ0v) is 76.0. The largest absolute Gasteiger partial charge is 0.494 e. The molecular formula is C97H121N17O16S. The molecule has 3 aliphatic heterocycles. The lowest BCUT2D eigenvalue weighted by Crippen LogP contribution is -2.43. The van der Waals surface area contributed by atoms with E-state index in [-0.39, 0.29) is 54.3 Å². The van der Waals surface area contributed by atoms with E-state index in [4.69, 9.17) is 57.6 Å². The fourth-order valence-electron chi connectivity index (χ4n) is 13.1. The van der Waals surface area contributed by atoms with E-state index in [1.165, 1.54) is 28.5 Å². The molecule has 13 N–H and O–H groups in total. The zero-order chi connectivity index (χ0) is 92.6. The Morgan fingerprint density at radius 2 is 0.763 bits per heavy atom. The number of carboxylic acid groups (broad SMARTS) is 1. The summed E-state index contributed by atoms with van der Waals surface area (Å²) in [6.45, 7) is 17.5. The van der Waals surface area contributed by atoms with Crippen molar-refractivity contribution in [1.29, 1.82) is 0 Å². The zero-order valence-electron chi connectivity index (χ0n) is 75.1. The van der Waals surface area contributed by atoms with Crippen LogP contribution in [0.5, 0.6) is 23.0 Å². The van der Waals surface area contributed by atoms with Gasteiger partial charge in [0.1, 0.15) is 51.1 Å². The number of hydrogen-bond acceptors (Lipinski definition) is 31. The third kappa shape index (κ3) is 37.0. The molecule has 4 unspecified atom stereocenters. The molecule has 2 amide bonds. The number of fused-ring (bicyclic) bond motifs is 4. The number of nitrogens with one attached hydrogen (secondary N) is 8. The monoisotopic (exact) mass is 1810 g/mol. The van der Waals surface area contributed by atoms with E-state index in [0.717, 1.165) is 139 Å². The van der Waals surface area contributed by atoms with Gasteiger partial charge in [-0.25, -0.2) is 9.78 Å². The number of para-hydroxylation sites is 8. The number of guanidine groups is 3. The van der Waals surface area contributed by atoms with Crippen molar-refractivity contribution in [2.24, 2.45) is 26.4 Å². The number of anilines is 3. The number of benzene rings is 8. The lowest BCUT2D eigenvalue weighted by atomic mass is 10.1. The number of rotatable bonds is 38. The average Bonchev–Trinajstić information content (AvgIpc) is 1.71. The van der Waals surface area contributed by atoms with Crippen molar-refractivity contribution in [3.05, 3.63) is 216 Å². The fourth-order valence-corrected chi connectivity index (χ4v) is 13.5. The standard InChI is InChI=1S/C24H27N5O5.C24H29N5O3.C22H26N2O4.C15H23NO3.C8H7NOS.C4H9N3/c30-21(29-23-25-12-4-13-26-23)7-3-14-33-17-10-8-16(9-11-17)15-19(22(31)32)28-24-27-18-5-1-2-6-20(18)34-24;1-17(27-24-28-20-6-2-3-7-21(20)32-24)16-18-9-11-19(12-10-18)31-15-4-8-22(30)29-23-25-13-5-14-26-23;1-3-26-21(25)9-6-14-27-18-12-10-17(11-13-18)15-16(2)23-22-24-19-7-4-5-8-20(19)28-22;1-3-18-15(17)5-4-10-19-14-8-6-13(7-9-14)11-12(2)16;1-11-8-9-6-4-2-3-5-7(6)10-8;5-4-6-2-1-3-7-4/h1-2,5-6,8-11,19H,3-4,7,12-15H2,(H,27,28)(H,31,32)(H2,25,26,29,30);2-3,6-7,9-12,17H,4-5,8,13-16H2,1H3,(H,27,28)(H2,25,26,29,30);4-5,7-8,10-13,16H,3,6,9,14-15H2,1-2H3,(H,23,24);6-9,12H,3-5,10-11,16H2,1-2H3;2-5H,1H3;1-3H2,(H3,5,6,7). The summed E-state index contributed by atoms with van der Waals surface area (Å²) in [5, 5.41) is 34.4. The molecule has 0 spiro atoms. The Kier molecular flexibility index (Phi) is 41.7. The van der Waals surface area contributed by atoms with Gasteiger partial charge in [-0.1, -0.05) is 109 Å². The van der Waals surface area contributed by atoms with Gasteiger partial charge in [-0.2, -0.15) is 15.0 Å². The van der Waals surface area contributed by atoms with E-state index in [9.17, 15) is 29.1 Å². The second-order valence-electron chi connectivity index (χ2n) is 30.7. The van der Waals surface area contributed by atoms with Crippen LogP contribution in [-0.2, 0) is 59.1 Å². The smallest absolute Gasteiger partial charge is 0.326 e. The Morgan fingerprint density at radius 3 is 1.08 bits per heavy atom. The van der Waals surface area contributed by atoms with Gasteiger partial charge < -0.3 is 94.6 Å². The topological polar surface area (TPSA) is 450 Å². The van der Waals surface area contributed by atoms with E-state index >= 15 is 0 Å². The number of oxazole rings is 4. The van der Waals surface area contributed by atoms with Crippen LogP contribution in [0.2, 0.25) is 0 Å². The Labute approximate surface area is 766 Å². The first kappa shape index (κ1) is 99.3. The maximum atomic E-state index is 12.0. The highest BCUT2D eigenvalue weighted by molar-refractivity contribution is 7.98. The minimum Gasteiger partial charge on any atom is -0.494 e. The van der Waals surface area contributed by atoms with Crippen LogP contribution in [0.4, 0.5) is 18.0 Å². The molecule has 34 heteroatoms. The maximum Gasteiger partial charge on any atom is 0.326 e. The summed E-state index contributed by atoms with van der Waals surface area (Å²) in [7, 11) is 0. The minimum absolute atomic E-state index is 0.0440. The maximum absolute atomic E-state index is 12.0. The van der Waals surface area contributed by atoms with E-state index in [1.54, 1.807) is 38.1 Å². The normalized spacial score (nSPS) is 13.4. The van der Waals surface area contributed by atoms with Crippen LogP contribution in [0.1, 0.15) is 128 Å². The third-order valence-electron chi connectivity index (χ3n) is 19.5. The first-order chi connectivity index (χ1) is 63.8. The second kappa shape index (κ2) is 55.1. The molecule has 7 heterocycles. The van der Waals surface area contributed by atoms with E-state index in [0.29, 0.717) is 138 Å². The Hall–Kier alpha value is -13.9. The Bertz CT molecular complexity index is 5420. The van der Waals surface area contributed by atoms with Gasteiger partial charge in [0, 0.05) is 89.5 Å². The number of carboxylic acids is 1. The molecule has 696 valence electrons. The molecule has 0 radical (unpaired) electrons. The summed E-state index contributed by atoms with van der Waals surface area (Å²) < 4.78 is 54.8. The van der Waals surface area contributed by atoms with Crippen LogP contribution in [0.25, 0.3) is 44.4 Å². The summed E-state index contributed by atoms with van der Waals surface area (Å²) in [5.41, 5.74) is 21.7. The molecule has 12 aromatic rings. The molecule has 131 heavy (non-hydrogen) atoms. The third-order valence-corrected chi connectivity index (χ3v) is 20.0. The summed E-state index contributed by atoms with van der Waals surface area (Å²) in [6, 6.07) is 62.4. The van der Waals surface area contributed by atoms with Crippen molar-refractivity contribution in [2.45, 2.75) is 160 Å². The number of aromatic nitrogens is 4. The summed E-state index contributed by atoms with van der Waals surface area (Å²) in [6.07, 6.45) is 11.8. The fraction of sp³-hybridized carbons (Fsp3) is 0.381. The highest BCUT2D eigenvalue weighted by Gasteiger charge is 2.22. The number of carbonyl (C=O) groups is 5. The molecule has 0 saturated heterocycles. The lowest BCUT2D eigenvalue weighted by Gasteiger charge is -2.15. The first-order valence-corrected chi connectivity index (χ1v) is 45.6. The van der Waals surface area contributed by atoms with E-state index in [2.05, 4.69) is 103 Å². The number of esters is 2. The number of carbonyl (C=O) groups excluding carboxylic acids is 4. The van der Waals surface area contributed by atoms with Crippen LogP contribution in [0, 0.1) is 0 Å². The van der Waals surface area contributed by atoms with Gasteiger partial charge >= 0.3 is 17.9 Å². The molecule has 15 rings (SSSR count). The van der Waals surface area contributed by atoms with Gasteiger partial charge in [0.2, 0.25) is 11.8 Å². The van der Waals surface area contributed by atoms with Crippen molar-refractivity contribution in [3.63, 3.8) is 0 Å². The second-order valence-corrected chi connectivity index (χ2v) is 31.4. The van der Waals surface area contributed by atoms with Gasteiger partial charge in [-0.3, -0.25) is 44.8 Å². The minimum atomic E-state index is -1.00. The number of hydrogen-bond donors (Lipinski definition) is 11. The Balaban J connectivity index is 0.000000172. The molecule has 0 saturated carbocycles. The number of aliphatic imine (C=N–C) groups is 3. The lowest BCUT2D eigenvalue weighted by molar-refractivity contribution is -0.144. The van der Waals surface area contributed by atoms with Gasteiger partial charge in [0.15, 0.2) is 40.2 Å². The molecule has 33 nitrogen and oxygen atoms in total. The number of amides is 2. The molecular weight excluding hydrogens is 1690 g/mol. The van der Waals surface area contributed by atoms with Crippen molar-refractivity contribution in [1.82, 2.24) is 46.5 Å². The van der Waals surface area contributed by atoms with E-state index < -0.39 is 12.0 Å². The number of thioether (sulfide) groups is 1. The number of aliphatic carboxylic acids is 1. The first-order valence-electron chi connectivity index (χ1n) is 44.4. The van der Waals surface area contributed by atoms with Crippen molar-refractivity contribution in [2.75, 3.05) is 101 Å². The SMILES string of the molecule is CC(Cc1ccc(OCCCC(=O)NC2=NCCCN2)cc1)Nc1nc2ccccc2o1.CCOC(=O)CCCOc1ccc(CC(C)N)cc1.CCOC(=O)CCCOc1ccc(CC(C)Nc2nc3ccccc3o2)cc1.CSc1nc2ccccc2o1.NC1=NCCCN1.O=C(CCCOc1ccc(CC(Nc2nc3ccccc3o2)C(=O)O)cc1)NC1=NCCCN1. The number of ether oxygens (including phenoxy) is 6. The van der Waals surface area contributed by atoms with Gasteiger partial charge in [-0.15, -0.1) is 0 Å². The molecule has 0 fully saturated rings. The van der Waals surface area contributed by atoms with Gasteiger partial charge in [0.25, 0.3) is 23.3 Å². The molecule has 0 bridgehead atoms. The van der Waals surface area contributed by atoms with Crippen LogP contribution < -0.4 is 72.9 Å². The molecule has 3 aliphatic rings. The predicted octanol–water partition coefficient (Wildman–Crippen LogP) is 14.8. The molecule has 4 atom stereocenters. The summed E-state index contributed by atoms with van der Waals surface area (Å²) in [5.74, 6) is 3.28. The van der Waals surface area contributed by atoms with Crippen molar-refractivity contribution < 1.29 is 75.2 Å². The Morgan fingerprint density at radius 1 is 0.427 bits per heavy atom. The highest BCUT2D eigenvalue weighted by Crippen LogP contribution is 2.26. The molecule has 8 aromatic carbocycles. The highest BCUT2D eigenvalue weighted by atomic mass is 32.2.